The zero-order valence-electron chi connectivity index (χ0n) is 14.3. The molecule has 0 spiro atoms. The van der Waals surface area contributed by atoms with E-state index in [1.54, 1.807) is 54.0 Å². The summed E-state index contributed by atoms with van der Waals surface area (Å²) in [5.74, 6) is 0.446. The molecular formula is C20H14BrN3O3. The van der Waals surface area contributed by atoms with Crippen LogP contribution < -0.4 is 10.9 Å². The number of anilines is 1. The third-order valence-electron chi connectivity index (χ3n) is 4.12. The number of furan rings is 1. The van der Waals surface area contributed by atoms with Crippen molar-refractivity contribution < 1.29 is 9.21 Å². The topological polar surface area (TPSA) is 77.1 Å². The van der Waals surface area contributed by atoms with E-state index in [0.29, 0.717) is 32.8 Å². The van der Waals surface area contributed by atoms with E-state index in [0.717, 1.165) is 0 Å². The summed E-state index contributed by atoms with van der Waals surface area (Å²) in [5.41, 5.74) is 1.81. The number of hydrogen-bond donors (Lipinski definition) is 1. The fraction of sp³-hybridized carbons (Fsp3) is 0.0500. The Hall–Kier alpha value is -3.19. The number of carbonyl (C=O) groups excluding carboxylic acids is 1. The maximum Gasteiger partial charge on any atom is 0.291 e. The van der Waals surface area contributed by atoms with Crippen LogP contribution in [0.2, 0.25) is 0 Å². The van der Waals surface area contributed by atoms with E-state index < -0.39 is 0 Å². The monoisotopic (exact) mass is 423 g/mol. The van der Waals surface area contributed by atoms with Gasteiger partial charge in [0.05, 0.1) is 16.6 Å². The van der Waals surface area contributed by atoms with Gasteiger partial charge in [-0.25, -0.2) is 4.98 Å². The normalized spacial score (nSPS) is 10.9. The van der Waals surface area contributed by atoms with Crippen molar-refractivity contribution in [1.29, 1.82) is 0 Å². The summed E-state index contributed by atoms with van der Waals surface area (Å²) in [7, 11) is 0. The van der Waals surface area contributed by atoms with Gasteiger partial charge in [-0.2, -0.15) is 0 Å². The molecule has 0 aliphatic rings. The van der Waals surface area contributed by atoms with E-state index in [-0.39, 0.29) is 17.2 Å². The van der Waals surface area contributed by atoms with Gasteiger partial charge in [0, 0.05) is 5.69 Å². The number of nitrogens with zero attached hydrogens (tertiary/aromatic N) is 2. The second-order valence-electron chi connectivity index (χ2n) is 5.92. The predicted octanol–water partition coefficient (Wildman–Crippen LogP) is 4.30. The van der Waals surface area contributed by atoms with E-state index in [1.165, 1.54) is 0 Å². The van der Waals surface area contributed by atoms with E-state index in [4.69, 9.17) is 4.42 Å². The van der Waals surface area contributed by atoms with Gasteiger partial charge in [0.25, 0.3) is 11.5 Å². The van der Waals surface area contributed by atoms with E-state index in [1.807, 2.05) is 18.2 Å². The first-order valence-corrected chi connectivity index (χ1v) is 8.98. The number of halogens is 1. The maximum absolute atomic E-state index is 12.8. The lowest BCUT2D eigenvalue weighted by Crippen LogP contribution is -2.22. The second kappa shape index (κ2) is 6.85. The average Bonchev–Trinajstić information content (AvgIpc) is 3.10. The van der Waals surface area contributed by atoms with Gasteiger partial charge in [-0.05, 0) is 71.4 Å². The first-order valence-electron chi connectivity index (χ1n) is 8.18. The summed E-state index contributed by atoms with van der Waals surface area (Å²) >= 11 is 3.17. The number of aryl methyl sites for hydroxylation is 1. The molecule has 0 unspecified atom stereocenters. The van der Waals surface area contributed by atoms with E-state index >= 15 is 0 Å². The molecule has 4 aromatic rings. The number of hydrogen-bond acceptors (Lipinski definition) is 4. The number of fused-ring (bicyclic) bond motifs is 1. The summed E-state index contributed by atoms with van der Waals surface area (Å²) in [6, 6.07) is 17.5. The van der Waals surface area contributed by atoms with Crippen molar-refractivity contribution in [1.82, 2.24) is 9.55 Å². The maximum atomic E-state index is 12.8. The first-order chi connectivity index (χ1) is 13.0. The lowest BCUT2D eigenvalue weighted by Gasteiger charge is -2.11. The summed E-state index contributed by atoms with van der Waals surface area (Å²) in [6.07, 6.45) is 0. The molecule has 2 heterocycles. The highest BCUT2D eigenvalue weighted by Gasteiger charge is 2.12. The largest absolute Gasteiger partial charge is 0.444 e. The van der Waals surface area contributed by atoms with Gasteiger partial charge in [-0.1, -0.05) is 12.1 Å². The minimum absolute atomic E-state index is 0.129. The predicted molar refractivity (Wildman–Crippen MR) is 106 cm³/mol. The van der Waals surface area contributed by atoms with Crippen molar-refractivity contribution in [3.05, 3.63) is 87.3 Å². The molecule has 0 saturated carbocycles. The summed E-state index contributed by atoms with van der Waals surface area (Å²) in [4.78, 5) is 29.5. The molecule has 0 radical (unpaired) electrons. The quantitative estimate of drug-likeness (QED) is 0.532. The summed E-state index contributed by atoms with van der Waals surface area (Å²) < 4.78 is 7.27. The van der Waals surface area contributed by atoms with E-state index in [9.17, 15) is 9.59 Å². The van der Waals surface area contributed by atoms with Crippen LogP contribution in [0.3, 0.4) is 0 Å². The Kier molecular flexibility index (Phi) is 4.37. The molecule has 1 N–H and O–H groups in total. The van der Waals surface area contributed by atoms with Crippen LogP contribution in [0.25, 0.3) is 16.6 Å². The zero-order valence-corrected chi connectivity index (χ0v) is 15.9. The van der Waals surface area contributed by atoms with Crippen molar-refractivity contribution in [2.45, 2.75) is 6.92 Å². The number of nitrogens with one attached hydrogen (secondary N) is 1. The van der Waals surface area contributed by atoms with Crippen LogP contribution in [-0.2, 0) is 0 Å². The standard InChI is InChI=1S/C20H14BrN3O3/c1-12-22-16-5-3-2-4-15(16)20(26)24(12)14-8-6-13(7-9-14)23-19(25)17-10-11-18(21)27-17/h2-11H,1H3,(H,23,25). The zero-order chi connectivity index (χ0) is 19.0. The van der Waals surface area contributed by atoms with Crippen molar-refractivity contribution in [2.75, 3.05) is 5.32 Å². The Morgan fingerprint density at radius 1 is 1.07 bits per heavy atom. The van der Waals surface area contributed by atoms with Crippen molar-refractivity contribution in [3.63, 3.8) is 0 Å². The van der Waals surface area contributed by atoms with E-state index in [2.05, 4.69) is 26.2 Å². The number of benzene rings is 2. The van der Waals surface area contributed by atoms with Crippen LogP contribution in [0.15, 0.2) is 74.5 Å². The second-order valence-corrected chi connectivity index (χ2v) is 6.70. The molecule has 1 amide bonds. The third kappa shape index (κ3) is 3.29. The van der Waals surface area contributed by atoms with Gasteiger partial charge in [0.1, 0.15) is 5.82 Å². The molecule has 0 saturated heterocycles. The summed E-state index contributed by atoms with van der Waals surface area (Å²) in [6.45, 7) is 1.79. The van der Waals surface area contributed by atoms with Gasteiger partial charge in [0.15, 0.2) is 10.4 Å². The van der Waals surface area contributed by atoms with Crippen LogP contribution in [0, 0.1) is 6.92 Å². The molecule has 2 aromatic heterocycles. The molecule has 0 aliphatic heterocycles. The number of para-hydroxylation sites is 1. The Bertz CT molecular complexity index is 1210. The van der Waals surface area contributed by atoms with Gasteiger partial charge in [-0.3, -0.25) is 14.2 Å². The molecule has 0 bridgehead atoms. The smallest absolute Gasteiger partial charge is 0.291 e. The fourth-order valence-electron chi connectivity index (χ4n) is 2.87. The molecule has 134 valence electrons. The highest BCUT2D eigenvalue weighted by Crippen LogP contribution is 2.18. The molecule has 7 heteroatoms. The third-order valence-corrected chi connectivity index (χ3v) is 4.55. The minimum Gasteiger partial charge on any atom is -0.444 e. The fourth-order valence-corrected chi connectivity index (χ4v) is 3.18. The molecule has 0 atom stereocenters. The number of carbonyl (C=O) groups is 1. The molecule has 0 fully saturated rings. The van der Waals surface area contributed by atoms with Crippen molar-refractivity contribution in [3.8, 4) is 5.69 Å². The van der Waals surface area contributed by atoms with Gasteiger partial charge < -0.3 is 9.73 Å². The molecule has 0 aliphatic carbocycles. The van der Waals surface area contributed by atoms with Crippen molar-refractivity contribution >= 4 is 38.4 Å². The van der Waals surface area contributed by atoms with Gasteiger partial charge in [-0.15, -0.1) is 0 Å². The molecule has 2 aromatic carbocycles. The average molecular weight is 424 g/mol. The first kappa shape index (κ1) is 17.2. The number of rotatable bonds is 3. The lowest BCUT2D eigenvalue weighted by molar-refractivity contribution is 0.0995. The molecule has 4 rings (SSSR count). The Morgan fingerprint density at radius 3 is 2.52 bits per heavy atom. The van der Waals surface area contributed by atoms with Crippen LogP contribution in [0.5, 0.6) is 0 Å². The molecular weight excluding hydrogens is 410 g/mol. The van der Waals surface area contributed by atoms with Gasteiger partial charge in [0.2, 0.25) is 0 Å². The molecule has 6 nitrogen and oxygen atoms in total. The summed E-state index contributed by atoms with van der Waals surface area (Å²) in [5, 5.41) is 3.31. The Balaban J connectivity index is 1.66. The Labute approximate surface area is 162 Å². The highest BCUT2D eigenvalue weighted by molar-refractivity contribution is 9.10. The van der Waals surface area contributed by atoms with Crippen LogP contribution in [-0.4, -0.2) is 15.5 Å². The van der Waals surface area contributed by atoms with Crippen LogP contribution in [0.1, 0.15) is 16.4 Å². The highest BCUT2D eigenvalue weighted by atomic mass is 79.9. The SMILES string of the molecule is Cc1nc2ccccc2c(=O)n1-c1ccc(NC(=O)c2ccc(Br)o2)cc1. The Morgan fingerprint density at radius 2 is 1.81 bits per heavy atom. The number of aromatic nitrogens is 2. The van der Waals surface area contributed by atoms with Crippen LogP contribution in [0.4, 0.5) is 5.69 Å². The number of amides is 1. The minimum atomic E-state index is -0.353. The van der Waals surface area contributed by atoms with Gasteiger partial charge >= 0.3 is 0 Å². The van der Waals surface area contributed by atoms with Crippen LogP contribution >= 0.6 is 15.9 Å². The lowest BCUT2D eigenvalue weighted by atomic mass is 10.2. The molecule has 27 heavy (non-hydrogen) atoms. The van der Waals surface area contributed by atoms with Crippen molar-refractivity contribution in [2.24, 2.45) is 0 Å².